The molecule has 5 rings (SSSR count). The van der Waals surface area contributed by atoms with Gasteiger partial charge in [0, 0.05) is 41.4 Å². The number of hydrogen-bond donors (Lipinski definition) is 1. The molecule has 0 saturated carbocycles. The molecule has 3 atom stereocenters. The number of Topliss-reactive ketones (excluding diaryl/α,β-unsaturated/α-hetero) is 1. The van der Waals surface area contributed by atoms with E-state index in [1.165, 1.54) is 41.8 Å². The molecule has 2 aromatic rings. The largest absolute Gasteiger partial charge is 0.496 e. The second-order valence-electron chi connectivity index (χ2n) is 9.31. The third-order valence-corrected chi connectivity index (χ3v) is 8.75. The first-order valence-corrected chi connectivity index (χ1v) is 12.7. The van der Waals surface area contributed by atoms with E-state index in [4.69, 9.17) is 4.74 Å². The number of carbonyl (C=O) groups is 1. The molecule has 1 fully saturated rings. The Bertz CT molecular complexity index is 1030. The monoisotopic (exact) mass is 454 g/mol. The predicted molar refractivity (Wildman–Crippen MR) is 128 cm³/mol. The number of thioether (sulfide) groups is 1. The number of para-hydroxylation sites is 1. The van der Waals surface area contributed by atoms with Crippen LogP contribution in [0.1, 0.15) is 54.4 Å². The Balaban J connectivity index is 1.42. The first-order chi connectivity index (χ1) is 15.5. The summed E-state index contributed by atoms with van der Waals surface area (Å²) < 4.78 is 18.9. The number of anilines is 1. The van der Waals surface area contributed by atoms with Crippen LogP contribution in [0, 0.1) is 11.7 Å². The molecule has 0 amide bonds. The lowest BCUT2D eigenvalue weighted by Gasteiger charge is -2.47. The van der Waals surface area contributed by atoms with Crippen molar-refractivity contribution in [1.29, 1.82) is 0 Å². The lowest BCUT2D eigenvalue weighted by Crippen LogP contribution is -2.56. The molecule has 3 aliphatic rings. The van der Waals surface area contributed by atoms with E-state index in [2.05, 4.69) is 28.4 Å². The summed E-state index contributed by atoms with van der Waals surface area (Å²) >= 11 is 1.98. The van der Waals surface area contributed by atoms with Gasteiger partial charge in [0.15, 0.2) is 5.78 Å². The van der Waals surface area contributed by atoms with E-state index in [0.29, 0.717) is 17.2 Å². The second-order valence-corrected chi connectivity index (χ2v) is 10.4. The molecule has 3 unspecified atom stereocenters. The maximum Gasteiger partial charge on any atom is 0.169 e. The minimum absolute atomic E-state index is 0.0337. The summed E-state index contributed by atoms with van der Waals surface area (Å²) in [5, 5.41) is 3.63. The Morgan fingerprint density at radius 3 is 3.09 bits per heavy atom. The van der Waals surface area contributed by atoms with Crippen LogP contribution < -0.4 is 15.0 Å². The van der Waals surface area contributed by atoms with Gasteiger partial charge >= 0.3 is 0 Å². The van der Waals surface area contributed by atoms with Gasteiger partial charge in [0.2, 0.25) is 0 Å². The maximum atomic E-state index is 13.6. The number of halogens is 1. The molecule has 0 aromatic heterocycles. The molecule has 0 bridgehead atoms. The highest BCUT2D eigenvalue weighted by atomic mass is 32.2. The fraction of sp³-hybridized carbons (Fsp3) is 0.500. The van der Waals surface area contributed by atoms with Crippen LogP contribution in [-0.4, -0.2) is 43.8 Å². The number of ether oxygens (including phenoxy) is 1. The standard InChI is InChI=1S/C26H31FN2O2S/c1-17(25(30)20-8-7-18(27)15-22(20)31-2)9-10-26-11-12-28-16-21(26)19-5-3-6-23-24(19)29(26)13-4-14-32-23/h3,5-8,15,17,21,28H,4,9-14,16H2,1-2H3. The first kappa shape index (κ1) is 21.8. The second kappa shape index (κ2) is 8.71. The summed E-state index contributed by atoms with van der Waals surface area (Å²) in [5.41, 5.74) is 3.46. The smallest absolute Gasteiger partial charge is 0.169 e. The van der Waals surface area contributed by atoms with Crippen molar-refractivity contribution in [2.75, 3.05) is 37.4 Å². The van der Waals surface area contributed by atoms with Gasteiger partial charge in [0.25, 0.3) is 0 Å². The number of methoxy groups -OCH3 is 1. The fourth-order valence-electron chi connectivity index (χ4n) is 5.99. The van der Waals surface area contributed by atoms with Gasteiger partial charge in [-0.25, -0.2) is 4.39 Å². The lowest BCUT2D eigenvalue weighted by molar-refractivity contribution is 0.0910. The van der Waals surface area contributed by atoms with Gasteiger partial charge in [0.05, 0.1) is 18.4 Å². The van der Waals surface area contributed by atoms with Crippen molar-refractivity contribution in [3.8, 4) is 5.75 Å². The van der Waals surface area contributed by atoms with Crippen LogP contribution in [0.4, 0.5) is 10.1 Å². The van der Waals surface area contributed by atoms with Crippen molar-refractivity contribution >= 4 is 23.2 Å². The highest BCUT2D eigenvalue weighted by Gasteiger charge is 2.53. The van der Waals surface area contributed by atoms with E-state index >= 15 is 0 Å². The zero-order valence-electron chi connectivity index (χ0n) is 18.8. The van der Waals surface area contributed by atoms with Gasteiger partial charge in [-0.1, -0.05) is 19.1 Å². The molecule has 3 aliphatic heterocycles. The molecule has 3 heterocycles. The van der Waals surface area contributed by atoms with Crippen LogP contribution in [-0.2, 0) is 0 Å². The molecule has 4 nitrogen and oxygen atoms in total. The van der Waals surface area contributed by atoms with Crippen LogP contribution >= 0.6 is 11.8 Å². The Kier molecular flexibility index (Phi) is 5.93. The number of nitrogens with zero attached hydrogens (tertiary/aromatic N) is 1. The molecule has 1 N–H and O–H groups in total. The quantitative estimate of drug-likeness (QED) is 0.603. The Hall–Kier alpha value is -2.05. The average Bonchev–Trinajstić information content (AvgIpc) is 2.93. The SMILES string of the molecule is COc1cc(F)ccc1C(=O)C(C)CCC12CCNCC1c1cccc3c1N2CCCS3. The van der Waals surface area contributed by atoms with Gasteiger partial charge in [-0.05, 0) is 61.7 Å². The lowest BCUT2D eigenvalue weighted by atomic mass is 9.72. The van der Waals surface area contributed by atoms with Crippen molar-refractivity contribution < 1.29 is 13.9 Å². The number of rotatable bonds is 6. The molecule has 1 saturated heterocycles. The number of ketones is 1. The predicted octanol–water partition coefficient (Wildman–Crippen LogP) is 5.27. The Labute approximate surface area is 193 Å². The summed E-state index contributed by atoms with van der Waals surface area (Å²) in [5.74, 6) is 1.43. The molecule has 6 heteroatoms. The minimum atomic E-state index is -0.388. The summed E-state index contributed by atoms with van der Waals surface area (Å²) in [4.78, 5) is 17.4. The zero-order valence-corrected chi connectivity index (χ0v) is 19.6. The fourth-order valence-corrected chi connectivity index (χ4v) is 7.02. The van der Waals surface area contributed by atoms with E-state index in [-0.39, 0.29) is 23.1 Å². The van der Waals surface area contributed by atoms with Crippen LogP contribution in [0.25, 0.3) is 0 Å². The third-order valence-electron chi connectivity index (χ3n) is 7.62. The number of piperidine rings is 1. The van der Waals surface area contributed by atoms with Crippen LogP contribution in [0.3, 0.4) is 0 Å². The summed E-state index contributed by atoms with van der Waals surface area (Å²) in [6, 6.07) is 11.0. The molecule has 0 spiro atoms. The van der Waals surface area contributed by atoms with Crippen molar-refractivity contribution in [3.05, 3.63) is 53.3 Å². The van der Waals surface area contributed by atoms with Gasteiger partial charge in [-0.3, -0.25) is 4.79 Å². The van der Waals surface area contributed by atoms with E-state index in [1.54, 1.807) is 6.07 Å². The van der Waals surface area contributed by atoms with Gasteiger partial charge < -0.3 is 15.0 Å². The molecule has 32 heavy (non-hydrogen) atoms. The Morgan fingerprint density at radius 2 is 2.25 bits per heavy atom. The van der Waals surface area contributed by atoms with Crippen LogP contribution in [0.15, 0.2) is 41.3 Å². The third kappa shape index (κ3) is 3.52. The number of hydrogen-bond acceptors (Lipinski definition) is 5. The highest BCUT2D eigenvalue weighted by molar-refractivity contribution is 7.99. The maximum absolute atomic E-state index is 13.6. The topological polar surface area (TPSA) is 41.6 Å². The number of fused-ring (bicyclic) bond motifs is 3. The van der Waals surface area contributed by atoms with Crippen molar-refractivity contribution in [2.24, 2.45) is 5.92 Å². The normalized spacial score (nSPS) is 25.0. The molecule has 2 aromatic carbocycles. The van der Waals surface area contributed by atoms with E-state index in [9.17, 15) is 9.18 Å². The van der Waals surface area contributed by atoms with E-state index in [1.807, 2.05) is 18.7 Å². The molecular weight excluding hydrogens is 423 g/mol. The molecule has 170 valence electrons. The number of nitrogens with one attached hydrogen (secondary N) is 1. The molecule has 0 aliphatic carbocycles. The highest BCUT2D eigenvalue weighted by Crippen LogP contribution is 2.56. The minimum Gasteiger partial charge on any atom is -0.496 e. The van der Waals surface area contributed by atoms with Gasteiger partial charge in [0.1, 0.15) is 11.6 Å². The van der Waals surface area contributed by atoms with E-state index < -0.39 is 0 Å². The molecule has 0 radical (unpaired) electrons. The summed E-state index contributed by atoms with van der Waals surface area (Å²) in [7, 11) is 1.49. The van der Waals surface area contributed by atoms with Crippen molar-refractivity contribution in [1.82, 2.24) is 5.32 Å². The zero-order chi connectivity index (χ0) is 22.3. The van der Waals surface area contributed by atoms with Gasteiger partial charge in [-0.15, -0.1) is 11.8 Å². The Morgan fingerprint density at radius 1 is 1.38 bits per heavy atom. The summed E-state index contributed by atoms with van der Waals surface area (Å²) in [6.07, 6.45) is 4.07. The number of benzene rings is 2. The summed E-state index contributed by atoms with van der Waals surface area (Å²) in [6.45, 7) is 5.09. The van der Waals surface area contributed by atoms with Crippen molar-refractivity contribution in [3.63, 3.8) is 0 Å². The van der Waals surface area contributed by atoms with Crippen molar-refractivity contribution in [2.45, 2.75) is 49.0 Å². The number of carbonyl (C=O) groups excluding carboxylic acids is 1. The first-order valence-electron chi connectivity index (χ1n) is 11.7. The van der Waals surface area contributed by atoms with E-state index in [0.717, 1.165) is 44.6 Å². The van der Waals surface area contributed by atoms with Crippen LogP contribution in [0.5, 0.6) is 5.75 Å². The van der Waals surface area contributed by atoms with Crippen LogP contribution in [0.2, 0.25) is 0 Å². The average molecular weight is 455 g/mol. The molecular formula is C26H31FN2O2S. The van der Waals surface area contributed by atoms with Gasteiger partial charge in [-0.2, -0.15) is 0 Å².